The molecule has 1 heterocycles. The fourth-order valence-corrected chi connectivity index (χ4v) is 4.29. The standard InChI is InChI=1S/C18H25FN2O3S/c1-13-7-9-21(10-8-13)18(22)17(12-20(3)4)25(23,24)16-6-5-14(2)11-15(16)19/h5-6,11-13H,7-10H2,1-4H3. The number of piperidine rings is 1. The summed E-state index contributed by atoms with van der Waals surface area (Å²) in [6, 6.07) is 3.90. The first-order valence-electron chi connectivity index (χ1n) is 8.31. The van der Waals surface area contributed by atoms with E-state index in [1.807, 2.05) is 0 Å². The molecule has 0 bridgehead atoms. The minimum atomic E-state index is -4.25. The number of rotatable bonds is 4. The van der Waals surface area contributed by atoms with E-state index in [9.17, 15) is 17.6 Å². The van der Waals surface area contributed by atoms with Crippen molar-refractivity contribution in [3.63, 3.8) is 0 Å². The summed E-state index contributed by atoms with van der Waals surface area (Å²) in [4.78, 5) is 15.0. The van der Waals surface area contributed by atoms with Gasteiger partial charge in [0.05, 0.1) is 0 Å². The molecule has 0 N–H and O–H groups in total. The number of aryl methyl sites for hydroxylation is 1. The van der Waals surface area contributed by atoms with E-state index in [0.717, 1.165) is 18.9 Å². The Morgan fingerprint density at radius 3 is 2.40 bits per heavy atom. The topological polar surface area (TPSA) is 57.7 Å². The maximum absolute atomic E-state index is 14.3. The minimum absolute atomic E-state index is 0.394. The SMILES string of the molecule is Cc1ccc(S(=O)(=O)C(=CN(C)C)C(=O)N2CCC(C)CC2)c(F)c1. The smallest absolute Gasteiger partial charge is 0.267 e. The predicted octanol–water partition coefficient (Wildman–Crippen LogP) is 2.57. The highest BCUT2D eigenvalue weighted by Crippen LogP contribution is 2.26. The number of likely N-dealkylation sites (tertiary alicyclic amines) is 1. The molecule has 1 aliphatic rings. The number of hydrogen-bond acceptors (Lipinski definition) is 4. The Balaban J connectivity index is 2.45. The van der Waals surface area contributed by atoms with E-state index in [1.54, 1.807) is 25.9 Å². The van der Waals surface area contributed by atoms with Crippen molar-refractivity contribution in [2.24, 2.45) is 5.92 Å². The molecule has 0 aromatic heterocycles. The maximum atomic E-state index is 14.3. The molecule has 1 aromatic carbocycles. The van der Waals surface area contributed by atoms with Crippen molar-refractivity contribution >= 4 is 15.7 Å². The number of amides is 1. The summed E-state index contributed by atoms with van der Waals surface area (Å²) in [6.07, 6.45) is 2.93. The molecule has 25 heavy (non-hydrogen) atoms. The van der Waals surface area contributed by atoms with Gasteiger partial charge < -0.3 is 9.80 Å². The molecular weight excluding hydrogens is 343 g/mol. The Bertz CT molecular complexity index is 780. The van der Waals surface area contributed by atoms with Crippen molar-refractivity contribution in [1.29, 1.82) is 0 Å². The average molecular weight is 368 g/mol. The molecular formula is C18H25FN2O3S. The van der Waals surface area contributed by atoms with Crippen LogP contribution in [0.4, 0.5) is 4.39 Å². The van der Waals surface area contributed by atoms with Crippen LogP contribution in [0.15, 0.2) is 34.2 Å². The van der Waals surface area contributed by atoms with E-state index in [2.05, 4.69) is 6.92 Å². The van der Waals surface area contributed by atoms with Crippen LogP contribution in [0.2, 0.25) is 0 Å². The van der Waals surface area contributed by atoms with E-state index in [4.69, 9.17) is 0 Å². The van der Waals surface area contributed by atoms with Gasteiger partial charge in [0.2, 0.25) is 9.84 Å². The second-order valence-electron chi connectivity index (χ2n) is 6.87. The number of hydrogen-bond donors (Lipinski definition) is 0. The summed E-state index contributed by atoms with van der Waals surface area (Å²) >= 11 is 0. The summed E-state index contributed by atoms with van der Waals surface area (Å²) in [6.45, 7) is 4.81. The second kappa shape index (κ2) is 7.56. The van der Waals surface area contributed by atoms with Crippen molar-refractivity contribution in [2.45, 2.75) is 31.6 Å². The summed E-state index contributed by atoms with van der Waals surface area (Å²) in [5.74, 6) is -0.901. The Hall–Kier alpha value is -1.89. The number of carbonyl (C=O) groups is 1. The van der Waals surface area contributed by atoms with Crippen LogP contribution in [0.5, 0.6) is 0 Å². The van der Waals surface area contributed by atoms with E-state index in [0.29, 0.717) is 24.6 Å². The lowest BCUT2D eigenvalue weighted by atomic mass is 9.99. The van der Waals surface area contributed by atoms with Crippen LogP contribution in [0.1, 0.15) is 25.3 Å². The molecule has 1 aromatic rings. The first-order chi connectivity index (χ1) is 11.6. The van der Waals surface area contributed by atoms with Crippen molar-refractivity contribution in [3.05, 3.63) is 40.7 Å². The Labute approximate surface area is 149 Å². The van der Waals surface area contributed by atoms with Gasteiger partial charge in [-0.15, -0.1) is 0 Å². The molecule has 1 fully saturated rings. The van der Waals surface area contributed by atoms with Gasteiger partial charge in [-0.1, -0.05) is 13.0 Å². The number of carbonyl (C=O) groups excluding carboxylic acids is 1. The highest BCUT2D eigenvalue weighted by molar-refractivity contribution is 7.96. The first-order valence-corrected chi connectivity index (χ1v) is 9.80. The molecule has 1 amide bonds. The lowest BCUT2D eigenvalue weighted by molar-refractivity contribution is -0.127. The zero-order chi connectivity index (χ0) is 18.8. The van der Waals surface area contributed by atoms with Gasteiger partial charge >= 0.3 is 0 Å². The average Bonchev–Trinajstić information content (AvgIpc) is 2.52. The van der Waals surface area contributed by atoms with Crippen LogP contribution in [-0.2, 0) is 14.6 Å². The van der Waals surface area contributed by atoms with E-state index in [-0.39, 0.29) is 0 Å². The van der Waals surface area contributed by atoms with Gasteiger partial charge in [-0.05, 0) is 43.4 Å². The third-order valence-electron chi connectivity index (χ3n) is 4.32. The number of sulfone groups is 1. The van der Waals surface area contributed by atoms with Crippen LogP contribution in [0.25, 0.3) is 0 Å². The van der Waals surface area contributed by atoms with Crippen molar-refractivity contribution < 1.29 is 17.6 Å². The number of nitrogens with zero attached hydrogens (tertiary/aromatic N) is 2. The highest BCUT2D eigenvalue weighted by Gasteiger charge is 2.34. The summed E-state index contributed by atoms with van der Waals surface area (Å²) in [5.41, 5.74) is 0.617. The van der Waals surface area contributed by atoms with Gasteiger partial charge in [0.1, 0.15) is 10.7 Å². The van der Waals surface area contributed by atoms with Gasteiger partial charge in [-0.25, -0.2) is 12.8 Å². The van der Waals surface area contributed by atoms with E-state index in [1.165, 1.54) is 23.2 Å². The Morgan fingerprint density at radius 2 is 1.88 bits per heavy atom. The Morgan fingerprint density at radius 1 is 1.28 bits per heavy atom. The summed E-state index contributed by atoms with van der Waals surface area (Å²) in [7, 11) is -0.989. The third kappa shape index (κ3) is 4.39. The first kappa shape index (κ1) is 19.4. The molecule has 0 aliphatic carbocycles. The van der Waals surface area contributed by atoms with Crippen LogP contribution < -0.4 is 0 Å². The van der Waals surface area contributed by atoms with E-state index < -0.39 is 31.4 Å². The number of benzene rings is 1. The van der Waals surface area contributed by atoms with Crippen molar-refractivity contribution in [3.8, 4) is 0 Å². The zero-order valence-corrected chi connectivity index (χ0v) is 15.9. The van der Waals surface area contributed by atoms with Gasteiger partial charge in [0.15, 0.2) is 4.91 Å². The minimum Gasteiger partial charge on any atom is -0.382 e. The van der Waals surface area contributed by atoms with Crippen LogP contribution in [0.3, 0.4) is 0 Å². The fourth-order valence-electron chi connectivity index (χ4n) is 2.78. The zero-order valence-electron chi connectivity index (χ0n) is 15.1. The molecule has 0 radical (unpaired) electrons. The van der Waals surface area contributed by atoms with Crippen molar-refractivity contribution in [1.82, 2.24) is 9.80 Å². The van der Waals surface area contributed by atoms with Crippen LogP contribution in [-0.4, -0.2) is 51.3 Å². The lowest BCUT2D eigenvalue weighted by Gasteiger charge is -2.31. The molecule has 2 rings (SSSR count). The Kier molecular flexibility index (Phi) is 5.87. The fraction of sp³-hybridized carbons (Fsp3) is 0.500. The van der Waals surface area contributed by atoms with Crippen molar-refractivity contribution in [2.75, 3.05) is 27.2 Å². The molecule has 138 valence electrons. The van der Waals surface area contributed by atoms with Gasteiger partial charge in [0, 0.05) is 33.4 Å². The van der Waals surface area contributed by atoms with Gasteiger partial charge in [-0.2, -0.15) is 0 Å². The van der Waals surface area contributed by atoms with Crippen LogP contribution in [0, 0.1) is 18.7 Å². The number of halogens is 1. The normalized spacial score (nSPS) is 16.8. The third-order valence-corrected chi connectivity index (χ3v) is 6.09. The van der Waals surface area contributed by atoms with Gasteiger partial charge in [-0.3, -0.25) is 4.79 Å². The molecule has 0 atom stereocenters. The maximum Gasteiger partial charge on any atom is 0.267 e. The lowest BCUT2D eigenvalue weighted by Crippen LogP contribution is -2.40. The molecule has 1 saturated heterocycles. The molecule has 0 spiro atoms. The molecule has 5 nitrogen and oxygen atoms in total. The second-order valence-corrected chi connectivity index (χ2v) is 8.76. The van der Waals surface area contributed by atoms with E-state index >= 15 is 0 Å². The molecule has 7 heteroatoms. The summed E-state index contributed by atoms with van der Waals surface area (Å²) in [5, 5.41) is 0. The van der Waals surface area contributed by atoms with Gasteiger partial charge in [0.25, 0.3) is 5.91 Å². The monoisotopic (exact) mass is 368 g/mol. The largest absolute Gasteiger partial charge is 0.382 e. The quantitative estimate of drug-likeness (QED) is 0.767. The predicted molar refractivity (Wildman–Crippen MR) is 95.1 cm³/mol. The summed E-state index contributed by atoms with van der Waals surface area (Å²) < 4.78 is 40.2. The molecule has 0 saturated carbocycles. The highest BCUT2D eigenvalue weighted by atomic mass is 32.2. The van der Waals surface area contributed by atoms with Crippen LogP contribution >= 0.6 is 0 Å². The molecule has 0 unspecified atom stereocenters. The molecule has 1 aliphatic heterocycles.